The van der Waals surface area contributed by atoms with Crippen molar-refractivity contribution in [1.82, 2.24) is 0 Å². The molecule has 3 aromatic carbocycles. The first-order valence-corrected chi connectivity index (χ1v) is 7.57. The number of hydrogen-bond donors (Lipinski definition) is 4. The molecule has 3 aromatic rings. The molecule has 0 spiro atoms. The molecule has 0 fully saturated rings. The van der Waals surface area contributed by atoms with Crippen LogP contribution in [0, 0.1) is 23.3 Å². The molecule has 6 nitrogen and oxygen atoms in total. The van der Waals surface area contributed by atoms with Crippen LogP contribution in [0.4, 0.5) is 28.9 Å². The van der Waals surface area contributed by atoms with Gasteiger partial charge in [-0.3, -0.25) is 0 Å². The summed E-state index contributed by atoms with van der Waals surface area (Å²) in [5.74, 6) is -11.3. The van der Waals surface area contributed by atoms with Crippen LogP contribution in [-0.2, 0) is 0 Å². The van der Waals surface area contributed by atoms with Crippen LogP contribution in [0.3, 0.4) is 0 Å². The number of rotatable bonds is 4. The number of phenolic OH excluding ortho intramolecular Hbond substituents is 2. The molecule has 0 heterocycles. The van der Waals surface area contributed by atoms with Gasteiger partial charge in [-0.15, -0.1) is 0 Å². The first kappa shape index (κ1) is 19.0. The number of halogens is 4. The quantitative estimate of drug-likeness (QED) is 0.171. The summed E-state index contributed by atoms with van der Waals surface area (Å²) in [4.78, 5) is 0. The topological polar surface area (TPSA) is 111 Å². The maximum absolute atomic E-state index is 14.6. The van der Waals surface area contributed by atoms with Crippen LogP contribution < -0.4 is 20.9 Å². The Hall–Kier alpha value is -3.82. The lowest BCUT2D eigenvalue weighted by molar-refractivity contribution is 0.330. The van der Waals surface area contributed by atoms with Gasteiger partial charge in [0.25, 0.3) is 0 Å². The highest BCUT2D eigenvalue weighted by atomic mass is 19.2. The molecule has 28 heavy (non-hydrogen) atoms. The fourth-order valence-electron chi connectivity index (χ4n) is 2.20. The molecule has 0 aliphatic heterocycles. The summed E-state index contributed by atoms with van der Waals surface area (Å²) in [5, 5.41) is 18.7. The van der Waals surface area contributed by atoms with Crippen molar-refractivity contribution >= 4 is 11.4 Å². The molecule has 0 saturated heterocycles. The predicted octanol–water partition coefficient (Wildman–Crippen LogP) is 4.40. The first-order valence-electron chi connectivity index (χ1n) is 7.57. The second-order valence-electron chi connectivity index (χ2n) is 5.56. The van der Waals surface area contributed by atoms with Crippen LogP contribution in [-0.4, -0.2) is 10.2 Å². The van der Waals surface area contributed by atoms with E-state index in [4.69, 9.17) is 20.9 Å². The summed E-state index contributed by atoms with van der Waals surface area (Å²) in [6, 6.07) is 6.42. The van der Waals surface area contributed by atoms with E-state index in [-0.39, 0.29) is 34.4 Å². The number of nitrogen functional groups attached to an aromatic ring is 2. The minimum absolute atomic E-state index is 0.169. The number of benzene rings is 3. The van der Waals surface area contributed by atoms with Crippen LogP contribution in [0.5, 0.6) is 34.5 Å². The van der Waals surface area contributed by atoms with Crippen molar-refractivity contribution in [2.45, 2.75) is 0 Å². The SMILES string of the molecule is Nc1cc(Oc2c(F)c(F)c(F)c(Oc3ccc(O)c(N)c3)c2F)ccc1O. The van der Waals surface area contributed by atoms with Crippen molar-refractivity contribution in [2.24, 2.45) is 0 Å². The van der Waals surface area contributed by atoms with Gasteiger partial charge in [-0.25, -0.2) is 4.39 Å². The van der Waals surface area contributed by atoms with Crippen molar-refractivity contribution in [3.8, 4) is 34.5 Å². The number of aromatic hydroxyl groups is 2. The monoisotopic (exact) mass is 396 g/mol. The molecule has 0 unspecified atom stereocenters. The van der Waals surface area contributed by atoms with Gasteiger partial charge in [-0.05, 0) is 24.3 Å². The first-order chi connectivity index (χ1) is 13.2. The van der Waals surface area contributed by atoms with E-state index in [0.717, 1.165) is 36.4 Å². The van der Waals surface area contributed by atoms with Gasteiger partial charge in [0.15, 0.2) is 0 Å². The molecule has 0 aliphatic rings. The molecule has 3 rings (SSSR count). The van der Waals surface area contributed by atoms with Crippen LogP contribution in [0.25, 0.3) is 0 Å². The second kappa shape index (κ2) is 7.06. The summed E-state index contributed by atoms with van der Waals surface area (Å²) in [6.45, 7) is 0. The van der Waals surface area contributed by atoms with Gasteiger partial charge in [-0.1, -0.05) is 0 Å². The molecule has 146 valence electrons. The third-order valence-electron chi connectivity index (χ3n) is 3.62. The van der Waals surface area contributed by atoms with E-state index in [2.05, 4.69) is 0 Å². The highest BCUT2D eigenvalue weighted by Crippen LogP contribution is 2.40. The molecule has 0 saturated carbocycles. The van der Waals surface area contributed by atoms with Gasteiger partial charge in [0.2, 0.25) is 34.8 Å². The summed E-state index contributed by atoms with van der Waals surface area (Å²) in [7, 11) is 0. The van der Waals surface area contributed by atoms with Crippen molar-refractivity contribution in [3.05, 3.63) is 59.7 Å². The Morgan fingerprint density at radius 2 is 1.00 bits per heavy atom. The van der Waals surface area contributed by atoms with E-state index in [0.29, 0.717) is 0 Å². The zero-order valence-corrected chi connectivity index (χ0v) is 13.8. The van der Waals surface area contributed by atoms with Crippen LogP contribution in [0.15, 0.2) is 36.4 Å². The number of hydrogen-bond acceptors (Lipinski definition) is 6. The average molecular weight is 396 g/mol. The van der Waals surface area contributed by atoms with Gasteiger partial charge in [0.1, 0.15) is 23.0 Å². The lowest BCUT2D eigenvalue weighted by atomic mass is 10.2. The summed E-state index contributed by atoms with van der Waals surface area (Å²) in [5.41, 5.74) is 10.6. The molecular formula is C18H12F4N2O4. The summed E-state index contributed by atoms with van der Waals surface area (Å²) in [6.07, 6.45) is 0. The van der Waals surface area contributed by atoms with Crippen LogP contribution >= 0.6 is 0 Å². The van der Waals surface area contributed by atoms with Crippen LogP contribution in [0.2, 0.25) is 0 Å². The molecule has 0 aromatic heterocycles. The van der Waals surface area contributed by atoms with Crippen molar-refractivity contribution in [3.63, 3.8) is 0 Å². The number of phenols is 2. The number of ether oxygens (including phenoxy) is 2. The molecule has 10 heteroatoms. The van der Waals surface area contributed by atoms with E-state index in [1.54, 1.807) is 0 Å². The normalized spacial score (nSPS) is 10.7. The van der Waals surface area contributed by atoms with Crippen molar-refractivity contribution < 1.29 is 37.2 Å². The van der Waals surface area contributed by atoms with E-state index in [1.807, 2.05) is 0 Å². The minimum atomic E-state index is -2.04. The van der Waals surface area contributed by atoms with E-state index >= 15 is 0 Å². The van der Waals surface area contributed by atoms with Gasteiger partial charge in [0, 0.05) is 12.1 Å². The molecule has 0 amide bonds. The third-order valence-corrected chi connectivity index (χ3v) is 3.62. The third kappa shape index (κ3) is 3.39. The highest BCUT2D eigenvalue weighted by molar-refractivity contribution is 5.57. The maximum atomic E-state index is 14.6. The number of anilines is 2. The van der Waals surface area contributed by atoms with Gasteiger partial charge in [0.05, 0.1) is 11.4 Å². The Morgan fingerprint density at radius 3 is 1.36 bits per heavy atom. The second-order valence-corrected chi connectivity index (χ2v) is 5.56. The zero-order valence-electron chi connectivity index (χ0n) is 13.8. The lowest BCUT2D eigenvalue weighted by Gasteiger charge is -2.14. The van der Waals surface area contributed by atoms with E-state index < -0.39 is 34.8 Å². The van der Waals surface area contributed by atoms with Gasteiger partial charge >= 0.3 is 0 Å². The van der Waals surface area contributed by atoms with E-state index in [1.165, 1.54) is 0 Å². The Morgan fingerprint density at radius 1 is 0.607 bits per heavy atom. The zero-order chi connectivity index (χ0) is 20.6. The van der Waals surface area contributed by atoms with Gasteiger partial charge < -0.3 is 31.2 Å². The minimum Gasteiger partial charge on any atom is -0.506 e. The standard InChI is InChI=1S/C18H12F4N2O4/c19-13-14(20)17(27-7-1-3-11(25)9(23)5-7)16(22)18(15(13)21)28-8-2-4-12(26)10(24)6-8/h1-6,25-26H,23-24H2. The van der Waals surface area contributed by atoms with E-state index in [9.17, 15) is 27.8 Å². The van der Waals surface area contributed by atoms with Crippen molar-refractivity contribution in [1.29, 1.82) is 0 Å². The molecule has 0 atom stereocenters. The summed E-state index contributed by atoms with van der Waals surface area (Å²) < 4.78 is 66.6. The fraction of sp³-hybridized carbons (Fsp3) is 0. The molecule has 0 bridgehead atoms. The molecule has 6 N–H and O–H groups in total. The smallest absolute Gasteiger partial charge is 0.214 e. The summed E-state index contributed by atoms with van der Waals surface area (Å²) >= 11 is 0. The van der Waals surface area contributed by atoms with Crippen molar-refractivity contribution in [2.75, 3.05) is 11.5 Å². The molecular weight excluding hydrogens is 384 g/mol. The predicted molar refractivity (Wildman–Crippen MR) is 91.5 cm³/mol. The Balaban J connectivity index is 2.05. The molecule has 0 aliphatic carbocycles. The average Bonchev–Trinajstić information content (AvgIpc) is 2.66. The largest absolute Gasteiger partial charge is 0.506 e. The molecule has 0 radical (unpaired) electrons. The van der Waals surface area contributed by atoms with Gasteiger partial charge in [-0.2, -0.15) is 13.2 Å². The number of nitrogens with two attached hydrogens (primary N) is 2. The highest BCUT2D eigenvalue weighted by Gasteiger charge is 2.29. The Bertz CT molecular complexity index is 995. The lowest BCUT2D eigenvalue weighted by Crippen LogP contribution is -2.04. The fourth-order valence-corrected chi connectivity index (χ4v) is 2.20. The van der Waals surface area contributed by atoms with Crippen LogP contribution in [0.1, 0.15) is 0 Å². The maximum Gasteiger partial charge on any atom is 0.214 e. The Labute approximate surface area is 155 Å². The Kier molecular flexibility index (Phi) is 4.78.